The van der Waals surface area contributed by atoms with Crippen LogP contribution in [0.25, 0.3) is 11.0 Å². The minimum atomic E-state index is -4.53. The lowest BCUT2D eigenvalue weighted by Crippen LogP contribution is -2.61. The number of hydrogen-bond acceptors (Lipinski definition) is 11. The standard InChI is InChI=1S/C43H47N7O7S/c51-42(47-58(54,55)34-9-11-37(39(24-34)50(52)53)45-25-29-13-20-56-21-14-29)36-10-8-32(23-40(36)57-33-22-31-12-17-44-41(31)46-26-33)48-18-15-43(16-19-48)27-49(28-43)38-7-3-5-30-4-1-2-6-35(30)38/h1-2,4,6,8-12,17,22-24,26,29,38,45H,3,5,7,13-16,18-21,25,27-28H2,(H,44,46)(H,47,51). The van der Waals surface area contributed by atoms with Gasteiger partial charge in [0.1, 0.15) is 22.8 Å². The van der Waals surface area contributed by atoms with E-state index in [1.54, 1.807) is 30.6 Å². The molecule has 1 aliphatic carbocycles. The first-order valence-electron chi connectivity index (χ1n) is 20.1. The summed E-state index contributed by atoms with van der Waals surface area (Å²) in [6.45, 7) is 5.62. The molecular weight excluding hydrogens is 759 g/mol. The molecule has 14 nitrogen and oxygen atoms in total. The summed E-state index contributed by atoms with van der Waals surface area (Å²) in [7, 11) is -4.53. The van der Waals surface area contributed by atoms with Crippen LogP contribution in [0.4, 0.5) is 17.1 Å². The van der Waals surface area contributed by atoms with Crippen LogP contribution in [0.3, 0.4) is 0 Å². The highest BCUT2D eigenvalue weighted by molar-refractivity contribution is 7.90. The van der Waals surface area contributed by atoms with Crippen LogP contribution in [0.1, 0.15) is 66.1 Å². The molecule has 5 aromatic rings. The maximum absolute atomic E-state index is 13.9. The molecule has 1 atom stereocenters. The van der Waals surface area contributed by atoms with Crippen molar-refractivity contribution >= 4 is 44.0 Å². The Hall–Kier alpha value is -5.51. The Morgan fingerprint density at radius 2 is 1.83 bits per heavy atom. The molecule has 0 saturated carbocycles. The number of H-pyrrole nitrogens is 1. The van der Waals surface area contributed by atoms with Crippen molar-refractivity contribution in [3.8, 4) is 11.5 Å². The third kappa shape index (κ3) is 7.73. The van der Waals surface area contributed by atoms with E-state index in [0.717, 1.165) is 75.4 Å². The van der Waals surface area contributed by atoms with Crippen molar-refractivity contribution in [2.24, 2.45) is 11.3 Å². The zero-order chi connectivity index (χ0) is 39.9. The number of nitrogens with one attached hydrogen (secondary N) is 3. The lowest BCUT2D eigenvalue weighted by Gasteiger charge is -2.57. The fourth-order valence-electron chi connectivity index (χ4n) is 9.20. The number of aryl methyl sites for hydroxylation is 1. The summed E-state index contributed by atoms with van der Waals surface area (Å²) in [6.07, 6.45) is 10.6. The SMILES string of the molecule is O=C(NS(=O)(=O)c1ccc(NCC2CCOCC2)c([N+](=O)[O-])c1)c1ccc(N2CCC3(CC2)CN(C2CCCc4ccccc42)C3)cc1Oc1cnc2[nH]ccc2c1. The first kappa shape index (κ1) is 38.0. The van der Waals surface area contributed by atoms with Gasteiger partial charge in [0.05, 0.1) is 21.6 Å². The number of piperidine rings is 1. The average molecular weight is 806 g/mol. The molecule has 58 heavy (non-hydrogen) atoms. The molecule has 3 fully saturated rings. The Bertz CT molecular complexity index is 2450. The molecule has 1 amide bonds. The number of pyridine rings is 1. The van der Waals surface area contributed by atoms with Crippen LogP contribution in [0.2, 0.25) is 0 Å². The smallest absolute Gasteiger partial charge is 0.293 e. The van der Waals surface area contributed by atoms with E-state index in [4.69, 9.17) is 9.47 Å². The van der Waals surface area contributed by atoms with Crippen LogP contribution < -0.4 is 19.7 Å². The maximum Gasteiger partial charge on any atom is 0.293 e. The number of anilines is 2. The zero-order valence-corrected chi connectivity index (χ0v) is 33.0. The number of nitro groups is 1. The summed E-state index contributed by atoms with van der Waals surface area (Å²) in [5, 5.41) is 16.0. The predicted octanol–water partition coefficient (Wildman–Crippen LogP) is 7.20. The molecule has 0 bridgehead atoms. The van der Waals surface area contributed by atoms with E-state index in [1.807, 2.05) is 12.1 Å². The second-order valence-electron chi connectivity index (χ2n) is 16.2. The lowest BCUT2D eigenvalue weighted by atomic mass is 9.70. The molecular formula is C43H47N7O7S. The number of carbonyl (C=O) groups is 1. The van der Waals surface area contributed by atoms with Crippen molar-refractivity contribution in [1.82, 2.24) is 19.6 Å². The van der Waals surface area contributed by atoms with Gasteiger partial charge in [0.25, 0.3) is 21.6 Å². The van der Waals surface area contributed by atoms with Gasteiger partial charge in [0.2, 0.25) is 0 Å². The van der Waals surface area contributed by atoms with Gasteiger partial charge in [-0.05, 0) is 104 Å². The summed E-state index contributed by atoms with van der Waals surface area (Å²) in [5.41, 5.74) is 4.58. The van der Waals surface area contributed by atoms with Crippen molar-refractivity contribution in [1.29, 1.82) is 0 Å². The minimum Gasteiger partial charge on any atom is -0.455 e. The molecule has 0 radical (unpaired) electrons. The lowest BCUT2D eigenvalue weighted by molar-refractivity contribution is -0.384. The van der Waals surface area contributed by atoms with Crippen LogP contribution in [0.15, 0.2) is 90.1 Å². The Morgan fingerprint density at radius 1 is 1.02 bits per heavy atom. The fraction of sp³-hybridized carbons (Fsp3) is 0.395. The number of benzene rings is 3. The second kappa shape index (κ2) is 15.7. The summed E-state index contributed by atoms with van der Waals surface area (Å²) in [4.78, 5) is 37.3. The highest BCUT2D eigenvalue weighted by Gasteiger charge is 2.47. The maximum atomic E-state index is 13.9. The number of sulfonamides is 1. The van der Waals surface area contributed by atoms with E-state index in [0.29, 0.717) is 37.2 Å². The number of hydrogen-bond donors (Lipinski definition) is 3. The Labute approximate surface area is 337 Å². The minimum absolute atomic E-state index is 0.0124. The first-order chi connectivity index (χ1) is 28.1. The van der Waals surface area contributed by atoms with E-state index in [9.17, 15) is 23.3 Å². The van der Waals surface area contributed by atoms with Gasteiger partial charge in [-0.3, -0.25) is 19.8 Å². The van der Waals surface area contributed by atoms with Gasteiger partial charge in [-0.25, -0.2) is 18.1 Å². The van der Waals surface area contributed by atoms with E-state index in [2.05, 4.69) is 54.1 Å². The molecule has 4 aliphatic rings. The van der Waals surface area contributed by atoms with Crippen LogP contribution in [-0.2, 0) is 21.2 Å². The van der Waals surface area contributed by atoms with E-state index in [-0.39, 0.29) is 28.3 Å². The van der Waals surface area contributed by atoms with Crippen molar-refractivity contribution in [3.63, 3.8) is 0 Å². The molecule has 1 unspecified atom stereocenters. The number of ether oxygens (including phenoxy) is 2. The molecule has 2 aromatic heterocycles. The van der Waals surface area contributed by atoms with Crippen LogP contribution in [-0.4, -0.2) is 80.1 Å². The van der Waals surface area contributed by atoms with Gasteiger partial charge in [0, 0.05) is 81.4 Å². The van der Waals surface area contributed by atoms with Crippen molar-refractivity contribution in [3.05, 3.63) is 112 Å². The van der Waals surface area contributed by atoms with Crippen LogP contribution in [0, 0.1) is 21.4 Å². The number of aromatic amines is 1. The topological polar surface area (TPSA) is 172 Å². The van der Waals surface area contributed by atoms with Gasteiger partial charge < -0.3 is 24.7 Å². The molecule has 3 aliphatic heterocycles. The summed E-state index contributed by atoms with van der Waals surface area (Å²) >= 11 is 0. The molecule has 302 valence electrons. The third-order valence-electron chi connectivity index (χ3n) is 12.5. The molecule has 3 saturated heterocycles. The first-order valence-corrected chi connectivity index (χ1v) is 21.6. The largest absolute Gasteiger partial charge is 0.455 e. The number of likely N-dealkylation sites (tertiary alicyclic amines) is 1. The Balaban J connectivity index is 0.918. The van der Waals surface area contributed by atoms with Crippen molar-refractivity contribution < 1.29 is 27.6 Å². The number of nitro benzene ring substituents is 1. The molecule has 3 N–H and O–H groups in total. The number of fused-ring (bicyclic) bond motifs is 2. The quantitative estimate of drug-likeness (QED) is 0.0911. The monoisotopic (exact) mass is 805 g/mol. The number of carbonyl (C=O) groups excluding carboxylic acids is 1. The van der Waals surface area contributed by atoms with Gasteiger partial charge in [0.15, 0.2) is 0 Å². The molecule has 5 heterocycles. The van der Waals surface area contributed by atoms with Gasteiger partial charge in [-0.2, -0.15) is 0 Å². The van der Waals surface area contributed by atoms with Crippen molar-refractivity contribution in [2.45, 2.75) is 55.9 Å². The van der Waals surface area contributed by atoms with Gasteiger partial charge in [-0.1, -0.05) is 24.3 Å². The van der Waals surface area contributed by atoms with Crippen LogP contribution >= 0.6 is 0 Å². The molecule has 15 heteroatoms. The zero-order valence-electron chi connectivity index (χ0n) is 32.2. The van der Waals surface area contributed by atoms with Crippen molar-refractivity contribution in [2.75, 3.05) is 56.2 Å². The Morgan fingerprint density at radius 3 is 2.64 bits per heavy atom. The molecule has 1 spiro atoms. The highest BCUT2D eigenvalue weighted by Crippen LogP contribution is 2.48. The van der Waals surface area contributed by atoms with E-state index in [1.165, 1.54) is 36.1 Å². The second-order valence-corrected chi connectivity index (χ2v) is 17.9. The van der Waals surface area contributed by atoms with Gasteiger partial charge >= 0.3 is 0 Å². The third-order valence-corrected chi connectivity index (χ3v) is 13.8. The highest BCUT2D eigenvalue weighted by atomic mass is 32.2. The fourth-order valence-corrected chi connectivity index (χ4v) is 10.2. The normalized spacial score (nSPS) is 19.7. The average Bonchev–Trinajstić information content (AvgIpc) is 3.70. The predicted molar refractivity (Wildman–Crippen MR) is 220 cm³/mol. The number of aromatic nitrogens is 2. The number of nitrogens with zero attached hydrogens (tertiary/aromatic N) is 4. The molecule has 9 rings (SSSR count). The number of amides is 1. The van der Waals surface area contributed by atoms with Gasteiger partial charge in [-0.15, -0.1) is 0 Å². The summed E-state index contributed by atoms with van der Waals surface area (Å²) in [6, 6.07) is 21.8. The van der Waals surface area contributed by atoms with E-state index >= 15 is 0 Å². The Kier molecular flexibility index (Phi) is 10.3. The summed E-state index contributed by atoms with van der Waals surface area (Å²) < 4.78 is 41.1. The van der Waals surface area contributed by atoms with Crippen LogP contribution in [0.5, 0.6) is 11.5 Å². The summed E-state index contributed by atoms with van der Waals surface area (Å²) in [5.74, 6) is -0.119. The van der Waals surface area contributed by atoms with E-state index < -0.39 is 31.4 Å². The molecule has 3 aromatic carbocycles. The number of rotatable bonds is 11.